The number of halogens is 1. The minimum Gasteiger partial charge on any atom is -0.485 e. The molecule has 0 aliphatic carbocycles. The van der Waals surface area contributed by atoms with E-state index in [1.165, 1.54) is 12.8 Å². The van der Waals surface area contributed by atoms with Crippen molar-refractivity contribution < 1.29 is 103 Å². The molecule has 4 unspecified atom stereocenters. The molecule has 0 radical (unpaired) electrons. The molecule has 0 aromatic heterocycles. The molecular weight excluding hydrogens is 1350 g/mol. The first-order chi connectivity index (χ1) is 48.8. The van der Waals surface area contributed by atoms with Gasteiger partial charge in [-0.2, -0.15) is 0 Å². The monoisotopic (exact) mass is 1450 g/mol. The summed E-state index contributed by atoms with van der Waals surface area (Å²) < 4.78 is 29.2. The van der Waals surface area contributed by atoms with Crippen LogP contribution >= 0.6 is 11.6 Å². The van der Waals surface area contributed by atoms with E-state index in [1.54, 1.807) is 0 Å². The zero-order chi connectivity index (χ0) is 74.6. The van der Waals surface area contributed by atoms with Gasteiger partial charge in [0.25, 0.3) is 0 Å². The summed E-state index contributed by atoms with van der Waals surface area (Å²) in [5.74, 6) is -11.0. The number of carboxylic acids is 4. The highest BCUT2D eigenvalue weighted by molar-refractivity contribution is 6.63. The quantitative estimate of drug-likeness (QED) is 0.0161. The zero-order valence-electron chi connectivity index (χ0n) is 56.4. The summed E-state index contributed by atoms with van der Waals surface area (Å²) in [7, 11) is 0. The van der Waals surface area contributed by atoms with Crippen molar-refractivity contribution in [3.05, 3.63) is 191 Å². The van der Waals surface area contributed by atoms with E-state index in [2.05, 4.69) is 10.6 Å². The molecule has 12 N–H and O–H groups in total. The number of nitrogens with two attached hydrogens (primary N) is 3. The summed E-state index contributed by atoms with van der Waals surface area (Å²) in [6.45, 7) is 4.29. The van der Waals surface area contributed by atoms with Crippen molar-refractivity contribution in [2.75, 3.05) is 26.3 Å². The zero-order valence-corrected chi connectivity index (χ0v) is 57.2. The lowest BCUT2D eigenvalue weighted by atomic mass is 9.86. The summed E-state index contributed by atoms with van der Waals surface area (Å²) >= 11 is 5.28. The van der Waals surface area contributed by atoms with E-state index in [9.17, 15) is 62.6 Å². The number of aliphatic carboxylic acids is 4. The Balaban J connectivity index is 0.000000560. The minimum atomic E-state index is -1.34. The van der Waals surface area contributed by atoms with E-state index >= 15 is 0 Å². The van der Waals surface area contributed by atoms with Crippen molar-refractivity contribution in [3.8, 4) is 23.0 Å². The van der Waals surface area contributed by atoms with Crippen LogP contribution in [0.3, 0.4) is 0 Å². The summed E-state index contributed by atoms with van der Waals surface area (Å²) in [5, 5.41) is 40.1. The summed E-state index contributed by atoms with van der Waals surface area (Å²) in [5.41, 5.74) is 21.4. The topological polar surface area (TPSA) is 434 Å². The average molecular weight is 1450 g/mol. The molecular formula is C76H94ClN5O21. The number of primary amides is 2. The van der Waals surface area contributed by atoms with Gasteiger partial charge in [0.1, 0.15) is 38.0 Å². The molecule has 1 aliphatic heterocycles. The minimum absolute atomic E-state index is 0. The molecule has 556 valence electrons. The van der Waals surface area contributed by atoms with Crippen LogP contribution < -0.4 is 46.8 Å². The van der Waals surface area contributed by atoms with Gasteiger partial charge in [0.2, 0.25) is 28.9 Å². The van der Waals surface area contributed by atoms with Crippen molar-refractivity contribution in [2.45, 2.75) is 136 Å². The highest BCUT2D eigenvalue weighted by Crippen LogP contribution is 2.32. The number of ether oxygens (including phenoxy) is 5. The van der Waals surface area contributed by atoms with Crippen LogP contribution in [-0.4, -0.2) is 123 Å². The molecule has 7 rings (SSSR count). The maximum atomic E-state index is 12.7. The number of nitrogens with one attached hydrogen (secondary N) is 2. The first-order valence-electron chi connectivity index (χ1n) is 32.8. The van der Waals surface area contributed by atoms with Crippen molar-refractivity contribution in [3.63, 3.8) is 0 Å². The second kappa shape index (κ2) is 48.9. The van der Waals surface area contributed by atoms with E-state index in [4.69, 9.17) is 67.8 Å². The van der Waals surface area contributed by atoms with Gasteiger partial charge >= 0.3 is 23.9 Å². The Kier molecular flexibility index (Phi) is 41.0. The highest BCUT2D eigenvalue weighted by Gasteiger charge is 2.31. The van der Waals surface area contributed by atoms with Gasteiger partial charge in [0.05, 0.1) is 43.6 Å². The third-order valence-electron chi connectivity index (χ3n) is 15.1. The summed E-state index contributed by atoms with van der Waals surface area (Å²) in [6.07, 6.45) is -0.650. The van der Waals surface area contributed by atoms with Gasteiger partial charge in [0, 0.05) is 78.6 Å². The largest absolute Gasteiger partial charge is 0.485 e. The molecule has 1 fully saturated rings. The van der Waals surface area contributed by atoms with E-state index in [1.807, 2.05) is 158 Å². The van der Waals surface area contributed by atoms with Crippen molar-refractivity contribution >= 4 is 81.7 Å². The van der Waals surface area contributed by atoms with Gasteiger partial charge in [-0.15, -0.1) is 0 Å². The predicted molar refractivity (Wildman–Crippen MR) is 382 cm³/mol. The van der Waals surface area contributed by atoms with E-state index < -0.39 is 133 Å². The molecule has 26 nitrogen and oxygen atoms in total. The number of carbonyl (C=O) groups is 12. The molecule has 0 spiro atoms. The molecule has 27 heteroatoms. The Labute approximate surface area is 604 Å². The number of ketones is 3. The number of benzene rings is 6. The van der Waals surface area contributed by atoms with Crippen LogP contribution in [0.15, 0.2) is 158 Å². The van der Waals surface area contributed by atoms with Crippen LogP contribution in [0.1, 0.15) is 126 Å². The maximum Gasteiger partial charge on any atom is 0.305 e. The lowest BCUT2D eigenvalue weighted by molar-refractivity contribution is -0.144. The molecule has 4 atom stereocenters. The first kappa shape index (κ1) is 86.4. The van der Waals surface area contributed by atoms with Crippen LogP contribution in [0, 0.1) is 17.8 Å². The molecule has 0 saturated carbocycles. The molecule has 1 aliphatic rings. The predicted octanol–water partition coefficient (Wildman–Crippen LogP) is 8.92. The Morgan fingerprint density at radius 3 is 1.09 bits per heavy atom. The molecule has 6 aromatic rings. The van der Waals surface area contributed by atoms with E-state index in [-0.39, 0.29) is 47.0 Å². The smallest absolute Gasteiger partial charge is 0.305 e. The second-order valence-electron chi connectivity index (χ2n) is 23.5. The molecule has 1 saturated heterocycles. The van der Waals surface area contributed by atoms with Gasteiger partial charge in [-0.3, -0.25) is 57.5 Å². The average Bonchev–Trinajstić information content (AvgIpc) is 0.915. The normalized spacial score (nSPS) is 12.2. The Bertz CT molecular complexity index is 3680. The van der Waals surface area contributed by atoms with E-state index in [0.717, 1.165) is 46.6 Å². The second-order valence-corrected chi connectivity index (χ2v) is 23.9. The van der Waals surface area contributed by atoms with Crippen LogP contribution in [0.4, 0.5) is 0 Å². The number of amides is 4. The molecule has 0 bridgehead atoms. The maximum absolute atomic E-state index is 12.7. The Hall–Kier alpha value is -10.8. The number of carbonyl (C=O) groups excluding carboxylic acids is 8. The number of hydrogen-bond acceptors (Lipinski definition) is 18. The van der Waals surface area contributed by atoms with Gasteiger partial charge in [-0.25, -0.2) is 0 Å². The first-order valence-corrected chi connectivity index (χ1v) is 33.2. The van der Waals surface area contributed by atoms with E-state index in [0.29, 0.717) is 68.8 Å². The summed E-state index contributed by atoms with van der Waals surface area (Å²) in [6, 6.07) is 49.4. The molecule has 6 aromatic carbocycles. The summed E-state index contributed by atoms with van der Waals surface area (Å²) in [4.78, 5) is 137. The third kappa shape index (κ3) is 38.0. The molecule has 103 heavy (non-hydrogen) atoms. The van der Waals surface area contributed by atoms with Crippen molar-refractivity contribution in [1.82, 2.24) is 10.6 Å². The number of carboxylic acid groups (broad SMARTS) is 4. The molecule has 1 heterocycles. The van der Waals surface area contributed by atoms with Crippen LogP contribution in [0.2, 0.25) is 0 Å². The lowest BCUT2D eigenvalue weighted by Crippen LogP contribution is -2.37. The number of hydrogen-bond donors (Lipinski definition) is 9. The van der Waals surface area contributed by atoms with Gasteiger partial charge < -0.3 is 71.9 Å². The lowest BCUT2D eigenvalue weighted by Gasteiger charge is -2.16. The fourth-order valence-corrected chi connectivity index (χ4v) is 9.72. The van der Waals surface area contributed by atoms with Gasteiger partial charge in [0.15, 0.2) is 28.8 Å². The fourth-order valence-electron chi connectivity index (χ4n) is 9.63. The van der Waals surface area contributed by atoms with Crippen LogP contribution in [0.5, 0.6) is 23.0 Å². The number of rotatable bonds is 42. The highest BCUT2D eigenvalue weighted by atomic mass is 35.5. The Morgan fingerprint density at radius 1 is 0.417 bits per heavy atom. The van der Waals surface area contributed by atoms with Crippen molar-refractivity contribution in [1.29, 1.82) is 0 Å². The van der Waals surface area contributed by atoms with Crippen LogP contribution in [-0.2, 0) is 102 Å². The fraction of sp³-hybridized carbons (Fsp3) is 0.368. The Morgan fingerprint density at radius 2 is 0.757 bits per heavy atom. The van der Waals surface area contributed by atoms with Gasteiger partial charge in [-0.1, -0.05) is 141 Å². The molecule has 4 amide bonds. The van der Waals surface area contributed by atoms with Crippen LogP contribution in [0.25, 0.3) is 0 Å². The number of Topliss-reactive ketones (excluding diaryl/α,β-unsaturated/α-hetero) is 3. The van der Waals surface area contributed by atoms with Gasteiger partial charge in [-0.05, 0) is 94.9 Å². The SMILES string of the molecule is C.C1CCOC1.NC(=O)C(CC(=O)O)CC(=O)C(CC(=O)O)CC(=O)CCC(=O)NCCc1ccc(OCc2ccccc2)c(OCc2ccccc2)c1.NC(=O)C(CC(=O)O)CC(=O)C(N)CC(=O)O.O=C(Cl)CCC(=O)NCCc1ccc(OCc2ccccc2)c(OCc2ccccc2)c1.[HH]. The van der Waals surface area contributed by atoms with Crippen molar-refractivity contribution in [2.24, 2.45) is 35.0 Å². The standard InChI is InChI=1S/C36H40N2O10.C26H26ClNO4.C9H14N2O6.C4H8O.CH4.H2/c37-36(46)28(21-35(44)45)19-30(40)27(20-34(42)43)18-29(39)12-14-33(41)38-16-15-24-11-13-31(47-22-25-7-3-1-4-8-25)32(17-24)48-23-26-9-5-2-6-10-26;27-25(29)13-14-26(30)28-16-15-20-11-12-23(31-18-21-7-3-1-4-8-21)24(17-20)32-19-22-9-5-2-6-10-22;10-5(3-8(15)16)6(12)1-4(9(11)17)2-7(13)14;1-2-4-5-3-1;;/h1-11,13,17,27-28H,12,14-16,18-23H2,(H2,37,46)(H,38,41)(H,42,43)(H,44,45);1-12,17H,13-16,18-19H2,(H,28,30);4-5H,1-3,10H2,(H2,11,17)(H,13,14)(H,15,16);1-4H2;1H4;1H. The third-order valence-corrected chi connectivity index (χ3v) is 15.3.